The average molecular weight is 490 g/mol. The van der Waals surface area contributed by atoms with Gasteiger partial charge in [-0.05, 0) is 36.2 Å². The second-order valence-electron chi connectivity index (χ2n) is 6.60. The van der Waals surface area contributed by atoms with Gasteiger partial charge in [0.2, 0.25) is 0 Å². The summed E-state index contributed by atoms with van der Waals surface area (Å²) >= 11 is 0.564. The van der Waals surface area contributed by atoms with Gasteiger partial charge in [-0.25, -0.2) is 4.98 Å². The Morgan fingerprint density at radius 1 is 1.06 bits per heavy atom. The van der Waals surface area contributed by atoms with Crippen LogP contribution in [0.15, 0.2) is 48.5 Å². The molecule has 3 aromatic rings. The van der Waals surface area contributed by atoms with E-state index in [1.165, 1.54) is 25.3 Å². The fraction of sp³-hybridized carbons (Fsp3) is 0.238. The minimum Gasteiger partial charge on any atom is -0.496 e. The van der Waals surface area contributed by atoms with E-state index in [4.69, 9.17) is 4.74 Å². The predicted octanol–water partition coefficient (Wildman–Crippen LogP) is 5.71. The van der Waals surface area contributed by atoms with E-state index in [9.17, 15) is 31.1 Å². The Bertz CT molecular complexity index is 1130. The molecule has 33 heavy (non-hydrogen) atoms. The molecule has 1 amide bonds. The highest BCUT2D eigenvalue weighted by molar-refractivity contribution is 7.17. The van der Waals surface area contributed by atoms with Gasteiger partial charge in [0.1, 0.15) is 21.4 Å². The zero-order valence-corrected chi connectivity index (χ0v) is 17.7. The average Bonchev–Trinajstić information content (AvgIpc) is 3.19. The quantitative estimate of drug-likeness (QED) is 0.431. The van der Waals surface area contributed by atoms with E-state index in [2.05, 4.69) is 15.0 Å². The fourth-order valence-corrected chi connectivity index (χ4v) is 3.93. The molecule has 0 atom stereocenters. The van der Waals surface area contributed by atoms with Crippen molar-refractivity contribution in [1.29, 1.82) is 0 Å². The van der Waals surface area contributed by atoms with E-state index in [1.807, 2.05) is 0 Å². The van der Waals surface area contributed by atoms with Crippen molar-refractivity contribution in [1.82, 2.24) is 10.3 Å². The molecule has 1 aromatic heterocycles. The number of nitrogens with one attached hydrogen (secondary N) is 1. The minimum atomic E-state index is -4.87. The molecule has 1 N–H and O–H groups in total. The van der Waals surface area contributed by atoms with Gasteiger partial charge in [-0.1, -0.05) is 24.3 Å². The molecular weight excluding hydrogens is 474 g/mol. The molecule has 0 aliphatic heterocycles. The summed E-state index contributed by atoms with van der Waals surface area (Å²) in [5, 5.41) is 2.32. The summed E-state index contributed by atoms with van der Waals surface area (Å²) in [5.41, 5.74) is -0.630. The number of hydrogen-bond acceptors (Lipinski definition) is 5. The van der Waals surface area contributed by atoms with E-state index in [0.717, 1.165) is 12.1 Å². The summed E-state index contributed by atoms with van der Waals surface area (Å²) < 4.78 is 86.5. The van der Waals surface area contributed by atoms with Crippen molar-refractivity contribution in [3.05, 3.63) is 64.7 Å². The van der Waals surface area contributed by atoms with Gasteiger partial charge in [-0.3, -0.25) is 4.79 Å². The minimum absolute atomic E-state index is 0.0399. The zero-order chi connectivity index (χ0) is 24.2. The summed E-state index contributed by atoms with van der Waals surface area (Å²) in [7, 11) is 1.36. The molecule has 0 aliphatic carbocycles. The molecule has 0 saturated heterocycles. The second-order valence-corrected chi connectivity index (χ2v) is 7.59. The van der Waals surface area contributed by atoms with Gasteiger partial charge in [0.15, 0.2) is 5.69 Å². The summed E-state index contributed by atoms with van der Waals surface area (Å²) in [6.07, 6.45) is -9.65. The lowest BCUT2D eigenvalue weighted by Gasteiger charge is -2.10. The van der Waals surface area contributed by atoms with Gasteiger partial charge < -0.3 is 14.8 Å². The van der Waals surface area contributed by atoms with E-state index in [0.29, 0.717) is 28.2 Å². The van der Waals surface area contributed by atoms with Crippen LogP contribution in [0.2, 0.25) is 0 Å². The number of amides is 1. The molecule has 0 fully saturated rings. The molecule has 0 saturated carbocycles. The number of hydrogen-bond donors (Lipinski definition) is 1. The van der Waals surface area contributed by atoms with Gasteiger partial charge in [-0.15, -0.1) is 24.5 Å². The van der Waals surface area contributed by atoms with E-state index < -0.39 is 34.8 Å². The lowest BCUT2D eigenvalue weighted by molar-refractivity contribution is -0.274. The molecule has 0 aliphatic rings. The molecule has 0 radical (unpaired) electrons. The van der Waals surface area contributed by atoms with Crippen molar-refractivity contribution in [3.63, 3.8) is 0 Å². The SMILES string of the molecule is COc1ccccc1-c1nc(C(F)(F)F)c(C(=O)NCCc2cccc(OC(F)(F)F)c2)s1. The van der Waals surface area contributed by atoms with Crippen molar-refractivity contribution in [2.24, 2.45) is 0 Å². The van der Waals surface area contributed by atoms with E-state index in [1.54, 1.807) is 18.2 Å². The van der Waals surface area contributed by atoms with Crippen LogP contribution in [0.4, 0.5) is 26.3 Å². The maximum Gasteiger partial charge on any atom is 0.573 e. The van der Waals surface area contributed by atoms with Crippen molar-refractivity contribution in [3.8, 4) is 22.1 Å². The molecule has 0 spiro atoms. The van der Waals surface area contributed by atoms with Crippen LogP contribution in [0.5, 0.6) is 11.5 Å². The Balaban J connectivity index is 1.76. The topological polar surface area (TPSA) is 60.5 Å². The third-order valence-corrected chi connectivity index (χ3v) is 5.36. The molecule has 0 unspecified atom stereocenters. The Kier molecular flexibility index (Phi) is 7.15. The third kappa shape index (κ3) is 6.37. The summed E-state index contributed by atoms with van der Waals surface area (Å²) in [6, 6.07) is 11.4. The van der Waals surface area contributed by atoms with Crippen LogP contribution in [-0.4, -0.2) is 30.9 Å². The van der Waals surface area contributed by atoms with Gasteiger partial charge in [0.25, 0.3) is 5.91 Å². The molecule has 12 heteroatoms. The van der Waals surface area contributed by atoms with E-state index in [-0.39, 0.29) is 18.0 Å². The van der Waals surface area contributed by atoms with Gasteiger partial charge in [0, 0.05) is 6.54 Å². The Hall–Kier alpha value is -3.28. The van der Waals surface area contributed by atoms with Crippen molar-refractivity contribution in [2.45, 2.75) is 19.0 Å². The van der Waals surface area contributed by atoms with Crippen LogP contribution in [0.3, 0.4) is 0 Å². The zero-order valence-electron chi connectivity index (χ0n) is 16.9. The molecule has 0 bridgehead atoms. The summed E-state index contributed by atoms with van der Waals surface area (Å²) in [5.74, 6) is -1.13. The van der Waals surface area contributed by atoms with Crippen molar-refractivity contribution in [2.75, 3.05) is 13.7 Å². The van der Waals surface area contributed by atoms with Crippen molar-refractivity contribution >= 4 is 17.2 Å². The summed E-state index contributed by atoms with van der Waals surface area (Å²) in [4.78, 5) is 15.5. The number of carbonyl (C=O) groups is 1. The van der Waals surface area contributed by atoms with Crippen LogP contribution < -0.4 is 14.8 Å². The third-order valence-electron chi connectivity index (χ3n) is 4.27. The molecule has 1 heterocycles. The lowest BCUT2D eigenvalue weighted by atomic mass is 10.1. The van der Waals surface area contributed by atoms with Gasteiger partial charge >= 0.3 is 12.5 Å². The van der Waals surface area contributed by atoms with Crippen LogP contribution in [0, 0.1) is 0 Å². The van der Waals surface area contributed by atoms with Crippen LogP contribution in [0.25, 0.3) is 10.6 Å². The number of ether oxygens (including phenoxy) is 2. The molecule has 2 aromatic carbocycles. The monoisotopic (exact) mass is 490 g/mol. The lowest BCUT2D eigenvalue weighted by Crippen LogP contribution is -2.27. The number of halogens is 6. The number of methoxy groups -OCH3 is 1. The first-order chi connectivity index (χ1) is 15.5. The number of alkyl halides is 6. The van der Waals surface area contributed by atoms with E-state index >= 15 is 0 Å². The first kappa shape index (κ1) is 24.4. The number of thiazole rings is 1. The Labute approximate surface area is 188 Å². The highest BCUT2D eigenvalue weighted by Gasteiger charge is 2.40. The molecular formula is C21H16F6N2O3S. The Morgan fingerprint density at radius 3 is 2.45 bits per heavy atom. The largest absolute Gasteiger partial charge is 0.573 e. The molecule has 3 rings (SSSR count). The van der Waals surface area contributed by atoms with Crippen LogP contribution >= 0.6 is 11.3 Å². The predicted molar refractivity (Wildman–Crippen MR) is 108 cm³/mol. The molecule has 5 nitrogen and oxygen atoms in total. The maximum atomic E-state index is 13.5. The van der Waals surface area contributed by atoms with Crippen LogP contribution in [0.1, 0.15) is 20.9 Å². The van der Waals surface area contributed by atoms with Gasteiger partial charge in [-0.2, -0.15) is 13.2 Å². The van der Waals surface area contributed by atoms with Crippen LogP contribution in [-0.2, 0) is 12.6 Å². The number of aromatic nitrogens is 1. The highest BCUT2D eigenvalue weighted by atomic mass is 32.1. The summed E-state index contributed by atoms with van der Waals surface area (Å²) in [6.45, 7) is -0.118. The maximum absolute atomic E-state index is 13.5. The highest BCUT2D eigenvalue weighted by Crippen LogP contribution is 2.40. The molecule has 176 valence electrons. The van der Waals surface area contributed by atoms with Gasteiger partial charge in [0.05, 0.1) is 12.7 Å². The number of rotatable bonds is 7. The number of para-hydroxylation sites is 1. The standard InChI is InChI=1S/C21H16F6N2O3S/c1-31-15-8-3-2-7-14(15)19-29-17(20(22,23)24)16(33-19)18(30)28-10-9-12-5-4-6-13(11-12)32-21(25,26)27/h2-8,11H,9-10H2,1H3,(H,28,30). The number of carbonyl (C=O) groups excluding carboxylic acids is 1. The first-order valence-corrected chi connectivity index (χ1v) is 10.1. The number of nitrogens with zero attached hydrogens (tertiary/aromatic N) is 1. The van der Waals surface area contributed by atoms with Crippen molar-refractivity contribution < 1.29 is 40.6 Å². The number of benzene rings is 2. The second kappa shape index (κ2) is 9.69. The normalized spacial score (nSPS) is 11.8. The first-order valence-electron chi connectivity index (χ1n) is 9.32. The fourth-order valence-electron chi connectivity index (χ4n) is 2.90. The Morgan fingerprint density at radius 2 is 1.79 bits per heavy atom. The smallest absolute Gasteiger partial charge is 0.496 e.